The fourth-order valence-electron chi connectivity index (χ4n) is 2.57. The normalized spacial score (nSPS) is 16.8. The third-order valence-electron chi connectivity index (χ3n) is 3.91. The molecule has 0 amide bonds. The Morgan fingerprint density at radius 3 is 2.87 bits per heavy atom. The van der Waals surface area contributed by atoms with Crippen LogP contribution >= 0.6 is 11.3 Å². The fourth-order valence-corrected chi connectivity index (χ4v) is 3.45. The van der Waals surface area contributed by atoms with Gasteiger partial charge in [-0.2, -0.15) is 0 Å². The van der Waals surface area contributed by atoms with E-state index in [4.69, 9.17) is 4.74 Å². The Bertz CT molecular complexity index is 666. The van der Waals surface area contributed by atoms with E-state index >= 15 is 0 Å². The van der Waals surface area contributed by atoms with Gasteiger partial charge in [0.2, 0.25) is 0 Å². The maximum atomic E-state index is 5.93. The molecule has 6 heteroatoms. The first-order valence-corrected chi connectivity index (χ1v) is 8.59. The lowest BCUT2D eigenvalue weighted by Crippen LogP contribution is -2.41. The number of nitrogens with zero attached hydrogens (tertiary/aromatic N) is 2. The van der Waals surface area contributed by atoms with Gasteiger partial charge in [0, 0.05) is 18.3 Å². The van der Waals surface area contributed by atoms with Crippen LogP contribution in [0.1, 0.15) is 21.1 Å². The molecular weight excluding hydrogens is 308 g/mol. The molecule has 2 N–H and O–H groups in total. The molecule has 0 saturated heterocycles. The first kappa shape index (κ1) is 15.8. The maximum absolute atomic E-state index is 5.93. The Hall–Kier alpha value is -2.08. The van der Waals surface area contributed by atoms with Crippen molar-refractivity contribution in [3.63, 3.8) is 0 Å². The number of thiazole rings is 1. The molecular formula is C17H22N4OS. The van der Waals surface area contributed by atoms with Gasteiger partial charge in [-0.25, -0.2) is 4.98 Å². The van der Waals surface area contributed by atoms with Crippen LogP contribution in [0.4, 0.5) is 0 Å². The summed E-state index contributed by atoms with van der Waals surface area (Å²) in [6.07, 6.45) is 1.08. The molecule has 0 fully saturated rings. The first-order valence-electron chi connectivity index (χ1n) is 7.77. The van der Waals surface area contributed by atoms with Crippen molar-refractivity contribution in [2.45, 2.75) is 32.9 Å². The quantitative estimate of drug-likeness (QED) is 0.668. The molecule has 0 spiro atoms. The molecule has 1 aromatic heterocycles. The third kappa shape index (κ3) is 3.82. The monoisotopic (exact) mass is 330 g/mol. The highest BCUT2D eigenvalue weighted by Crippen LogP contribution is 2.27. The minimum absolute atomic E-state index is 0.148. The summed E-state index contributed by atoms with van der Waals surface area (Å²) < 4.78 is 5.93. The van der Waals surface area contributed by atoms with Gasteiger partial charge in [-0.15, -0.1) is 11.3 Å². The molecule has 2 heterocycles. The molecule has 23 heavy (non-hydrogen) atoms. The van der Waals surface area contributed by atoms with Gasteiger partial charge in [0.05, 0.1) is 18.8 Å². The topological polar surface area (TPSA) is 58.5 Å². The third-order valence-corrected chi connectivity index (χ3v) is 4.99. The number of hydrogen-bond acceptors (Lipinski definition) is 4. The van der Waals surface area contributed by atoms with Crippen molar-refractivity contribution < 1.29 is 4.74 Å². The van der Waals surface area contributed by atoms with E-state index in [-0.39, 0.29) is 6.10 Å². The summed E-state index contributed by atoms with van der Waals surface area (Å²) in [6, 6.07) is 8.20. The summed E-state index contributed by atoms with van der Waals surface area (Å²) in [5, 5.41) is 7.71. The zero-order valence-corrected chi connectivity index (χ0v) is 14.5. The van der Waals surface area contributed by atoms with Gasteiger partial charge in [0.25, 0.3) is 0 Å². The summed E-state index contributed by atoms with van der Waals surface area (Å²) in [4.78, 5) is 10.1. The van der Waals surface area contributed by atoms with Gasteiger partial charge in [-0.1, -0.05) is 18.2 Å². The van der Waals surface area contributed by atoms with Crippen LogP contribution in [0.5, 0.6) is 5.75 Å². The molecule has 0 bridgehead atoms. The number of hydrogen-bond donors (Lipinski definition) is 2. The summed E-state index contributed by atoms with van der Waals surface area (Å²) in [5.41, 5.74) is 2.38. The lowest BCUT2D eigenvalue weighted by atomic mass is 10.1. The van der Waals surface area contributed by atoms with Crippen molar-refractivity contribution in [3.8, 4) is 5.75 Å². The number of rotatable bonds is 4. The number of nitrogens with one attached hydrogen (secondary N) is 2. The Morgan fingerprint density at radius 2 is 2.17 bits per heavy atom. The van der Waals surface area contributed by atoms with Gasteiger partial charge in [0.15, 0.2) is 5.96 Å². The summed E-state index contributed by atoms with van der Waals surface area (Å²) in [5.74, 6) is 1.77. The molecule has 122 valence electrons. The van der Waals surface area contributed by atoms with Crippen LogP contribution in [-0.4, -0.2) is 30.6 Å². The van der Waals surface area contributed by atoms with Crippen molar-refractivity contribution in [1.82, 2.24) is 15.6 Å². The second kappa shape index (κ2) is 7.00. The van der Waals surface area contributed by atoms with E-state index in [9.17, 15) is 0 Å². The van der Waals surface area contributed by atoms with E-state index in [1.807, 2.05) is 19.1 Å². The Kier molecular flexibility index (Phi) is 4.81. The molecule has 0 aliphatic carbocycles. The predicted octanol–water partition coefficient (Wildman–Crippen LogP) is 2.43. The number of guanidine groups is 1. The van der Waals surface area contributed by atoms with Gasteiger partial charge in [0.1, 0.15) is 16.9 Å². The summed E-state index contributed by atoms with van der Waals surface area (Å²) >= 11 is 1.72. The summed E-state index contributed by atoms with van der Waals surface area (Å²) in [6.45, 7) is 5.55. The summed E-state index contributed by atoms with van der Waals surface area (Å²) in [7, 11) is 1.78. The lowest BCUT2D eigenvalue weighted by Gasteiger charge is -2.15. The van der Waals surface area contributed by atoms with Crippen LogP contribution in [0.15, 0.2) is 29.3 Å². The van der Waals surface area contributed by atoms with Crippen molar-refractivity contribution in [3.05, 3.63) is 45.4 Å². The van der Waals surface area contributed by atoms with Crippen LogP contribution in [0.25, 0.3) is 0 Å². The van der Waals surface area contributed by atoms with E-state index in [2.05, 4.69) is 39.7 Å². The number of benzene rings is 1. The van der Waals surface area contributed by atoms with Gasteiger partial charge in [-0.3, -0.25) is 4.99 Å². The Labute approximate surface area is 140 Å². The molecule has 0 radical (unpaired) electrons. The van der Waals surface area contributed by atoms with Gasteiger partial charge in [-0.05, 0) is 25.5 Å². The molecule has 1 aliphatic rings. The highest BCUT2D eigenvalue weighted by Gasteiger charge is 2.22. The average Bonchev–Trinajstić information content (AvgIpc) is 3.10. The van der Waals surface area contributed by atoms with Crippen molar-refractivity contribution in [1.29, 1.82) is 0 Å². The second-order valence-electron chi connectivity index (χ2n) is 5.61. The van der Waals surface area contributed by atoms with E-state index in [1.165, 1.54) is 10.4 Å². The predicted molar refractivity (Wildman–Crippen MR) is 94.4 cm³/mol. The number of ether oxygens (including phenoxy) is 1. The Morgan fingerprint density at radius 1 is 1.35 bits per heavy atom. The van der Waals surface area contributed by atoms with Gasteiger partial charge >= 0.3 is 0 Å². The maximum Gasteiger partial charge on any atom is 0.191 e. The van der Waals surface area contributed by atoms with Crippen LogP contribution in [0, 0.1) is 13.8 Å². The van der Waals surface area contributed by atoms with Crippen LogP contribution < -0.4 is 15.4 Å². The fraction of sp³-hybridized carbons (Fsp3) is 0.412. The number of aromatic nitrogens is 1. The highest BCUT2D eigenvalue weighted by atomic mass is 32.1. The number of fused-ring (bicyclic) bond motifs is 1. The molecule has 1 unspecified atom stereocenters. The number of para-hydroxylation sites is 1. The number of aliphatic imine (C=N–C) groups is 1. The standard InChI is InChI=1S/C17H22N4OS/c1-11-12(2)23-16(21-11)10-20-17(18-3)19-9-14-8-13-6-4-5-7-15(13)22-14/h4-7,14H,8-10H2,1-3H3,(H2,18,19,20). The lowest BCUT2D eigenvalue weighted by molar-refractivity contribution is 0.235. The van der Waals surface area contributed by atoms with Crippen molar-refractivity contribution in [2.24, 2.45) is 4.99 Å². The SMILES string of the molecule is CN=C(NCc1nc(C)c(C)s1)NCC1Cc2ccccc2O1. The second-order valence-corrected chi connectivity index (χ2v) is 6.90. The van der Waals surface area contributed by atoms with Crippen LogP contribution in [0.2, 0.25) is 0 Å². The highest BCUT2D eigenvalue weighted by molar-refractivity contribution is 7.11. The van der Waals surface area contributed by atoms with Gasteiger partial charge < -0.3 is 15.4 Å². The molecule has 5 nitrogen and oxygen atoms in total. The minimum atomic E-state index is 0.148. The van der Waals surface area contributed by atoms with Crippen molar-refractivity contribution >= 4 is 17.3 Å². The molecule has 1 atom stereocenters. The smallest absolute Gasteiger partial charge is 0.191 e. The molecule has 0 saturated carbocycles. The van der Waals surface area contributed by atoms with E-state index in [1.54, 1.807) is 18.4 Å². The van der Waals surface area contributed by atoms with Crippen LogP contribution in [0.3, 0.4) is 0 Å². The largest absolute Gasteiger partial charge is 0.488 e. The number of aryl methyl sites for hydroxylation is 2. The molecule has 1 aromatic carbocycles. The zero-order valence-electron chi connectivity index (χ0n) is 13.7. The molecule has 3 rings (SSSR count). The molecule has 1 aliphatic heterocycles. The zero-order chi connectivity index (χ0) is 16.2. The first-order chi connectivity index (χ1) is 11.2. The van der Waals surface area contributed by atoms with Crippen LogP contribution in [-0.2, 0) is 13.0 Å². The minimum Gasteiger partial charge on any atom is -0.488 e. The van der Waals surface area contributed by atoms with E-state index in [0.29, 0.717) is 6.54 Å². The average molecular weight is 330 g/mol. The van der Waals surface area contributed by atoms with E-state index in [0.717, 1.165) is 35.4 Å². The molecule has 2 aromatic rings. The van der Waals surface area contributed by atoms with Crippen molar-refractivity contribution in [2.75, 3.05) is 13.6 Å². The van der Waals surface area contributed by atoms with E-state index < -0.39 is 0 Å². The Balaban J connectivity index is 1.47.